The Labute approximate surface area is 347 Å². The van der Waals surface area contributed by atoms with Gasteiger partial charge in [-0.3, -0.25) is 4.40 Å². The van der Waals surface area contributed by atoms with Crippen LogP contribution in [-0.4, -0.2) is 18.5 Å². The lowest BCUT2D eigenvalue weighted by Crippen LogP contribution is -2.03. The maximum absolute atomic E-state index is 5.29. The molecule has 11 aromatic rings. The number of aromatic nitrogens is 4. The van der Waals surface area contributed by atoms with Gasteiger partial charge in [-0.2, -0.15) is 0 Å². The minimum atomic E-state index is 0.939. The van der Waals surface area contributed by atoms with Gasteiger partial charge in [-0.15, -0.1) is 0 Å². The SMILES string of the molecule is C=C/C(=C\c1c(C)c2ccc(-c3ccc(-n4c5ccccc5c5ccccc54)cc3)cc2n2c1nc1ccccc12)c1ccc(-n2c3c(c4ccccc42)C=CCC3)cc1. The molecule has 4 heterocycles. The molecule has 0 bridgehead atoms. The third kappa shape index (κ3) is 5.14. The number of benzene rings is 7. The molecule has 0 spiro atoms. The van der Waals surface area contributed by atoms with Crippen LogP contribution >= 0.6 is 0 Å². The summed E-state index contributed by atoms with van der Waals surface area (Å²) in [6.45, 7) is 6.54. The highest BCUT2D eigenvalue weighted by atomic mass is 15.0. The van der Waals surface area contributed by atoms with Crippen molar-refractivity contribution in [3.05, 3.63) is 210 Å². The van der Waals surface area contributed by atoms with Crippen LogP contribution in [-0.2, 0) is 6.42 Å². The molecule has 0 fully saturated rings. The highest BCUT2D eigenvalue weighted by molar-refractivity contribution is 6.09. The zero-order valence-corrected chi connectivity index (χ0v) is 33.3. The molecular weight excluding hydrogens is 729 g/mol. The molecule has 60 heavy (non-hydrogen) atoms. The summed E-state index contributed by atoms with van der Waals surface area (Å²) in [6, 6.07) is 59.4. The number of fused-ring (bicyclic) bond motifs is 11. The number of para-hydroxylation sites is 5. The van der Waals surface area contributed by atoms with E-state index in [2.05, 4.69) is 209 Å². The fraction of sp³-hybridized carbons (Fsp3) is 0.0536. The van der Waals surface area contributed by atoms with E-state index in [1.54, 1.807) is 0 Å². The van der Waals surface area contributed by atoms with Gasteiger partial charge in [0.1, 0.15) is 5.65 Å². The van der Waals surface area contributed by atoms with E-state index in [1.807, 2.05) is 6.08 Å². The molecule has 0 amide bonds. The lowest BCUT2D eigenvalue weighted by Gasteiger charge is -2.15. The minimum Gasteiger partial charge on any atom is -0.313 e. The molecule has 0 N–H and O–H groups in total. The lowest BCUT2D eigenvalue weighted by molar-refractivity contribution is 0.888. The van der Waals surface area contributed by atoms with Gasteiger partial charge in [0, 0.05) is 49.7 Å². The van der Waals surface area contributed by atoms with Crippen LogP contribution < -0.4 is 0 Å². The van der Waals surface area contributed by atoms with Gasteiger partial charge in [0.05, 0.1) is 33.1 Å². The summed E-state index contributed by atoms with van der Waals surface area (Å²) in [7, 11) is 0. The van der Waals surface area contributed by atoms with Gasteiger partial charge in [-0.25, -0.2) is 4.98 Å². The Kier molecular flexibility index (Phi) is 7.69. The summed E-state index contributed by atoms with van der Waals surface area (Å²) in [5.74, 6) is 0. The molecule has 0 aliphatic heterocycles. The maximum atomic E-state index is 5.29. The number of hydrogen-bond acceptors (Lipinski definition) is 1. The Balaban J connectivity index is 0.962. The normalized spacial score (nSPS) is 13.1. The van der Waals surface area contributed by atoms with Crippen LogP contribution in [0.5, 0.6) is 0 Å². The number of allylic oxidation sites excluding steroid dienone is 3. The molecule has 0 saturated heterocycles. The molecule has 0 saturated carbocycles. The van der Waals surface area contributed by atoms with Crippen LogP contribution in [0, 0.1) is 6.92 Å². The van der Waals surface area contributed by atoms with Crippen LogP contribution in [0.25, 0.3) is 101 Å². The third-order valence-corrected chi connectivity index (χ3v) is 12.7. The summed E-state index contributed by atoms with van der Waals surface area (Å²) in [5, 5.41) is 5.04. The summed E-state index contributed by atoms with van der Waals surface area (Å²) in [4.78, 5) is 5.29. The molecule has 1 aliphatic rings. The van der Waals surface area contributed by atoms with Gasteiger partial charge < -0.3 is 9.13 Å². The van der Waals surface area contributed by atoms with Crippen molar-refractivity contribution in [2.75, 3.05) is 0 Å². The Bertz CT molecular complexity index is 3550. The lowest BCUT2D eigenvalue weighted by atomic mass is 9.96. The fourth-order valence-corrected chi connectivity index (χ4v) is 9.84. The Morgan fingerprint density at radius 2 is 1.18 bits per heavy atom. The van der Waals surface area contributed by atoms with Crippen LogP contribution in [0.3, 0.4) is 0 Å². The van der Waals surface area contributed by atoms with Crippen molar-refractivity contribution < 1.29 is 0 Å². The average molecular weight is 769 g/mol. The van der Waals surface area contributed by atoms with E-state index in [9.17, 15) is 0 Å². The van der Waals surface area contributed by atoms with Gasteiger partial charge in [-0.1, -0.05) is 128 Å². The van der Waals surface area contributed by atoms with E-state index in [-0.39, 0.29) is 0 Å². The second kappa shape index (κ2) is 13.4. The number of nitrogens with zero attached hydrogens (tertiary/aromatic N) is 4. The van der Waals surface area contributed by atoms with Crippen LogP contribution in [0.2, 0.25) is 0 Å². The van der Waals surface area contributed by atoms with Crippen LogP contribution in [0.1, 0.15) is 34.4 Å². The largest absolute Gasteiger partial charge is 0.313 e. The summed E-state index contributed by atoms with van der Waals surface area (Å²) < 4.78 is 7.16. The van der Waals surface area contributed by atoms with Crippen molar-refractivity contribution in [1.82, 2.24) is 18.5 Å². The highest BCUT2D eigenvalue weighted by Gasteiger charge is 2.20. The van der Waals surface area contributed by atoms with Gasteiger partial charge in [-0.05, 0) is 114 Å². The molecule has 0 radical (unpaired) electrons. The molecule has 0 atom stereocenters. The van der Waals surface area contributed by atoms with Crippen molar-refractivity contribution in [3.8, 4) is 22.5 Å². The van der Waals surface area contributed by atoms with Crippen molar-refractivity contribution in [2.45, 2.75) is 19.8 Å². The number of rotatable bonds is 6. The zero-order chi connectivity index (χ0) is 39.9. The maximum Gasteiger partial charge on any atom is 0.146 e. The molecule has 0 unspecified atom stereocenters. The number of pyridine rings is 1. The van der Waals surface area contributed by atoms with Crippen molar-refractivity contribution in [3.63, 3.8) is 0 Å². The first-order valence-electron chi connectivity index (χ1n) is 20.8. The predicted octanol–water partition coefficient (Wildman–Crippen LogP) is 14.3. The Morgan fingerprint density at radius 3 is 1.90 bits per heavy atom. The van der Waals surface area contributed by atoms with Gasteiger partial charge >= 0.3 is 0 Å². The predicted molar refractivity (Wildman–Crippen MR) is 253 cm³/mol. The monoisotopic (exact) mass is 768 g/mol. The van der Waals surface area contributed by atoms with E-state index in [1.165, 1.54) is 66.2 Å². The highest BCUT2D eigenvalue weighted by Crippen LogP contribution is 2.38. The van der Waals surface area contributed by atoms with E-state index in [4.69, 9.17) is 4.98 Å². The summed E-state index contributed by atoms with van der Waals surface area (Å²) in [5.41, 5.74) is 19.7. The van der Waals surface area contributed by atoms with Crippen molar-refractivity contribution in [1.29, 1.82) is 0 Å². The number of aryl methyl sites for hydroxylation is 1. The molecule has 284 valence electrons. The van der Waals surface area contributed by atoms with Crippen LogP contribution in [0.15, 0.2) is 183 Å². The first-order chi connectivity index (χ1) is 29.6. The molecule has 1 aliphatic carbocycles. The molecule has 4 aromatic heterocycles. The van der Waals surface area contributed by atoms with E-state index >= 15 is 0 Å². The third-order valence-electron chi connectivity index (χ3n) is 12.7. The smallest absolute Gasteiger partial charge is 0.146 e. The number of hydrogen-bond donors (Lipinski definition) is 0. The van der Waals surface area contributed by atoms with E-state index in [0.29, 0.717) is 0 Å². The van der Waals surface area contributed by atoms with Crippen molar-refractivity contribution in [2.24, 2.45) is 0 Å². The van der Waals surface area contributed by atoms with Crippen molar-refractivity contribution >= 4 is 78.0 Å². The minimum absolute atomic E-state index is 0.939. The number of imidazole rings is 1. The molecule has 12 rings (SSSR count). The van der Waals surface area contributed by atoms with Gasteiger partial charge in [0.2, 0.25) is 0 Å². The second-order valence-corrected chi connectivity index (χ2v) is 16.0. The van der Waals surface area contributed by atoms with Gasteiger partial charge in [0.25, 0.3) is 0 Å². The summed E-state index contributed by atoms with van der Waals surface area (Å²) >= 11 is 0. The molecule has 4 heteroatoms. The zero-order valence-electron chi connectivity index (χ0n) is 33.3. The molecule has 7 aromatic carbocycles. The van der Waals surface area contributed by atoms with E-state index in [0.717, 1.165) is 63.0 Å². The first-order valence-corrected chi connectivity index (χ1v) is 20.8. The second-order valence-electron chi connectivity index (χ2n) is 16.0. The molecule has 4 nitrogen and oxygen atoms in total. The first kappa shape index (κ1) is 34.4. The fourth-order valence-electron chi connectivity index (χ4n) is 9.84. The van der Waals surface area contributed by atoms with Crippen LogP contribution in [0.4, 0.5) is 0 Å². The Hall–Kier alpha value is -7.69. The van der Waals surface area contributed by atoms with E-state index < -0.39 is 0 Å². The topological polar surface area (TPSA) is 27.2 Å². The average Bonchev–Trinajstić information content (AvgIpc) is 3.98. The molecular formula is C56H40N4. The summed E-state index contributed by atoms with van der Waals surface area (Å²) in [6.07, 6.45) is 10.9. The quantitative estimate of drug-likeness (QED) is 0.155. The van der Waals surface area contributed by atoms with Gasteiger partial charge in [0.15, 0.2) is 0 Å². The standard InChI is InChI=1S/C56H40N4/c1-3-37(38-24-29-41(30-25-38)58-50-19-9-4-14-44(50)45-15-5-10-20-51(45)58)34-48-36(2)43-33-28-40(35-55(43)60-54-23-13-8-18-49(54)57-56(48)60)39-26-31-42(32-27-39)59-52-21-11-6-16-46(52)47-17-7-12-22-53(47)59/h3-9,11-19,21-35H,1,10,20H2,2H3/b37-34+. The Morgan fingerprint density at radius 1 is 0.583 bits per heavy atom.